The van der Waals surface area contributed by atoms with Gasteiger partial charge in [0.15, 0.2) is 0 Å². The molecule has 0 fully saturated rings. The third-order valence-electron chi connectivity index (χ3n) is 2.79. The fourth-order valence-corrected chi connectivity index (χ4v) is 1.89. The number of hydrogen-bond acceptors (Lipinski definition) is 3. The molecule has 18 heavy (non-hydrogen) atoms. The van der Waals surface area contributed by atoms with Crippen molar-refractivity contribution in [2.45, 2.75) is 33.2 Å². The smallest absolute Gasteiger partial charge is 0.203 e. The Morgan fingerprint density at radius 3 is 3.00 bits per heavy atom. The summed E-state index contributed by atoms with van der Waals surface area (Å²) in [5.41, 5.74) is 2.31. The predicted octanol–water partition coefficient (Wildman–Crippen LogP) is 2.65. The maximum Gasteiger partial charge on any atom is 0.203 e. The van der Waals surface area contributed by atoms with Crippen molar-refractivity contribution in [3.8, 4) is 0 Å². The van der Waals surface area contributed by atoms with Gasteiger partial charge < -0.3 is 9.88 Å². The van der Waals surface area contributed by atoms with Crippen molar-refractivity contribution in [2.75, 3.05) is 11.9 Å². The molecule has 0 aromatic carbocycles. The zero-order valence-corrected chi connectivity index (χ0v) is 11.1. The molecule has 4 nitrogen and oxygen atoms in total. The molecule has 2 rings (SSSR count). The molecule has 0 saturated carbocycles. The van der Waals surface area contributed by atoms with Gasteiger partial charge in [-0.2, -0.15) is 0 Å². The average molecular weight is 244 g/mol. The summed E-state index contributed by atoms with van der Waals surface area (Å²) < 4.78 is 2.18. The molecule has 4 heteroatoms. The molecule has 96 valence electrons. The number of hydrogen-bond donors (Lipinski definition) is 1. The summed E-state index contributed by atoms with van der Waals surface area (Å²) in [4.78, 5) is 8.63. The van der Waals surface area contributed by atoms with E-state index in [9.17, 15) is 0 Å². The molecular weight excluding hydrogens is 224 g/mol. The second-order valence-corrected chi connectivity index (χ2v) is 4.44. The van der Waals surface area contributed by atoms with Gasteiger partial charge in [0.25, 0.3) is 0 Å². The van der Waals surface area contributed by atoms with Crippen LogP contribution in [0.4, 0.5) is 5.95 Å². The lowest BCUT2D eigenvalue weighted by Gasteiger charge is -2.08. The highest BCUT2D eigenvalue weighted by atomic mass is 15.2. The molecule has 0 bridgehead atoms. The van der Waals surface area contributed by atoms with Crippen molar-refractivity contribution in [1.82, 2.24) is 14.5 Å². The van der Waals surface area contributed by atoms with Crippen molar-refractivity contribution >= 4 is 5.95 Å². The number of aryl methyl sites for hydroxylation is 3. The van der Waals surface area contributed by atoms with E-state index >= 15 is 0 Å². The number of nitrogens with one attached hydrogen (secondary N) is 1. The maximum absolute atomic E-state index is 4.50. The van der Waals surface area contributed by atoms with Gasteiger partial charge in [-0.05, 0) is 31.4 Å². The number of aromatic nitrogens is 3. The van der Waals surface area contributed by atoms with E-state index in [0.29, 0.717) is 0 Å². The third-order valence-corrected chi connectivity index (χ3v) is 2.79. The van der Waals surface area contributed by atoms with Crippen LogP contribution < -0.4 is 5.32 Å². The van der Waals surface area contributed by atoms with Gasteiger partial charge in [-0.25, -0.2) is 4.98 Å². The van der Waals surface area contributed by atoms with Crippen LogP contribution in [0, 0.1) is 6.92 Å². The van der Waals surface area contributed by atoms with Gasteiger partial charge in [0.1, 0.15) is 0 Å². The molecule has 1 N–H and O–H groups in total. The topological polar surface area (TPSA) is 42.7 Å². The molecule has 0 spiro atoms. The van der Waals surface area contributed by atoms with Crippen LogP contribution in [0.25, 0.3) is 0 Å². The van der Waals surface area contributed by atoms with E-state index in [4.69, 9.17) is 0 Å². The van der Waals surface area contributed by atoms with Crippen molar-refractivity contribution in [3.05, 3.63) is 42.0 Å². The minimum Gasteiger partial charge on any atom is -0.356 e. The molecule has 2 heterocycles. The van der Waals surface area contributed by atoms with E-state index in [0.717, 1.165) is 37.6 Å². The van der Waals surface area contributed by atoms with E-state index < -0.39 is 0 Å². The summed E-state index contributed by atoms with van der Waals surface area (Å²) in [6.45, 7) is 6.07. The number of rotatable bonds is 6. The SMILES string of the molecule is CCCNc1nc(C)cn1CCc1cccnc1. The molecule has 0 radical (unpaired) electrons. The van der Waals surface area contributed by atoms with Gasteiger partial charge in [0.05, 0.1) is 5.69 Å². The highest BCUT2D eigenvalue weighted by Crippen LogP contribution is 2.10. The lowest BCUT2D eigenvalue weighted by molar-refractivity contribution is 0.696. The Labute approximate surface area is 108 Å². The summed E-state index contributed by atoms with van der Waals surface area (Å²) in [5.74, 6) is 0.971. The summed E-state index contributed by atoms with van der Waals surface area (Å²) in [6, 6.07) is 4.08. The molecule has 2 aromatic rings. The fraction of sp³-hybridized carbons (Fsp3) is 0.429. The first-order chi connectivity index (χ1) is 8.79. The van der Waals surface area contributed by atoms with Crippen LogP contribution in [0.2, 0.25) is 0 Å². The minimum absolute atomic E-state index is 0.929. The molecule has 0 amide bonds. The first kappa shape index (κ1) is 12.6. The summed E-state index contributed by atoms with van der Waals surface area (Å²) >= 11 is 0. The number of imidazole rings is 1. The second kappa shape index (κ2) is 6.19. The Morgan fingerprint density at radius 2 is 2.28 bits per heavy atom. The van der Waals surface area contributed by atoms with Crippen LogP contribution in [-0.4, -0.2) is 21.1 Å². The normalized spacial score (nSPS) is 10.6. The Hall–Kier alpha value is -1.84. The summed E-state index contributed by atoms with van der Waals surface area (Å²) in [5, 5.41) is 3.36. The highest BCUT2D eigenvalue weighted by molar-refractivity contribution is 5.28. The number of anilines is 1. The van der Waals surface area contributed by atoms with Gasteiger partial charge >= 0.3 is 0 Å². The number of nitrogens with zero attached hydrogens (tertiary/aromatic N) is 3. The first-order valence-electron chi connectivity index (χ1n) is 6.46. The first-order valence-corrected chi connectivity index (χ1v) is 6.46. The second-order valence-electron chi connectivity index (χ2n) is 4.44. The molecule has 0 aliphatic rings. The van der Waals surface area contributed by atoms with Crippen LogP contribution in [-0.2, 0) is 13.0 Å². The lowest BCUT2D eigenvalue weighted by atomic mass is 10.2. The van der Waals surface area contributed by atoms with Gasteiger partial charge in [-0.15, -0.1) is 0 Å². The molecule has 0 unspecified atom stereocenters. The van der Waals surface area contributed by atoms with Crippen molar-refractivity contribution in [3.63, 3.8) is 0 Å². The summed E-state index contributed by atoms with van der Waals surface area (Å²) in [7, 11) is 0. The predicted molar refractivity (Wildman–Crippen MR) is 73.7 cm³/mol. The zero-order valence-electron chi connectivity index (χ0n) is 11.1. The van der Waals surface area contributed by atoms with E-state index in [2.05, 4.69) is 39.0 Å². The van der Waals surface area contributed by atoms with Crippen molar-refractivity contribution < 1.29 is 0 Å². The van der Waals surface area contributed by atoms with Crippen LogP contribution in [0.1, 0.15) is 24.6 Å². The highest BCUT2D eigenvalue weighted by Gasteiger charge is 2.04. The van der Waals surface area contributed by atoms with Crippen LogP contribution in [0.5, 0.6) is 0 Å². The van der Waals surface area contributed by atoms with Crippen molar-refractivity contribution in [2.24, 2.45) is 0 Å². The Morgan fingerprint density at radius 1 is 1.39 bits per heavy atom. The average Bonchev–Trinajstić information content (AvgIpc) is 2.75. The van der Waals surface area contributed by atoms with Gasteiger partial charge in [-0.1, -0.05) is 13.0 Å². The van der Waals surface area contributed by atoms with Gasteiger partial charge in [0.2, 0.25) is 5.95 Å². The van der Waals surface area contributed by atoms with E-state index in [1.54, 1.807) is 6.20 Å². The van der Waals surface area contributed by atoms with Crippen LogP contribution in [0.3, 0.4) is 0 Å². The van der Waals surface area contributed by atoms with E-state index in [1.165, 1.54) is 5.56 Å². The standard InChI is InChI=1S/C14H20N4/c1-3-7-16-14-17-12(2)11-18(14)9-6-13-5-4-8-15-10-13/h4-5,8,10-11H,3,6-7,9H2,1-2H3,(H,16,17). The number of pyridine rings is 1. The molecule has 0 aliphatic heterocycles. The minimum atomic E-state index is 0.929. The van der Waals surface area contributed by atoms with Gasteiger partial charge in [-0.3, -0.25) is 4.98 Å². The summed E-state index contributed by atoms with van der Waals surface area (Å²) in [6.07, 6.45) is 7.90. The molecule has 2 aromatic heterocycles. The largest absolute Gasteiger partial charge is 0.356 e. The van der Waals surface area contributed by atoms with E-state index in [-0.39, 0.29) is 0 Å². The Balaban J connectivity index is 2.00. The molecule has 0 atom stereocenters. The van der Waals surface area contributed by atoms with Crippen LogP contribution in [0.15, 0.2) is 30.7 Å². The maximum atomic E-state index is 4.50. The molecule has 0 aliphatic carbocycles. The Bertz CT molecular complexity index is 476. The Kier molecular flexibility index (Phi) is 4.34. The monoisotopic (exact) mass is 244 g/mol. The zero-order chi connectivity index (χ0) is 12.8. The van der Waals surface area contributed by atoms with Crippen LogP contribution >= 0.6 is 0 Å². The fourth-order valence-electron chi connectivity index (χ4n) is 1.89. The van der Waals surface area contributed by atoms with E-state index in [1.807, 2.05) is 19.2 Å². The van der Waals surface area contributed by atoms with Crippen molar-refractivity contribution in [1.29, 1.82) is 0 Å². The lowest BCUT2D eigenvalue weighted by Crippen LogP contribution is -2.09. The molecule has 0 saturated heterocycles. The third kappa shape index (κ3) is 3.32. The molecular formula is C14H20N4. The van der Waals surface area contributed by atoms with Gasteiger partial charge in [0, 0.05) is 31.7 Å². The quantitative estimate of drug-likeness (QED) is 0.849.